The van der Waals surface area contributed by atoms with Crippen LogP contribution in [0.15, 0.2) is 6.20 Å². The molecule has 1 N–H and O–H groups in total. The SMILES string of the molecule is CCN(C(C)=O)C(C(=O)O)c1cn(C)nc1C. The quantitative estimate of drug-likeness (QED) is 0.840. The Hall–Kier alpha value is -1.85. The Morgan fingerprint density at radius 1 is 1.59 bits per heavy atom. The highest BCUT2D eigenvalue weighted by molar-refractivity contribution is 5.83. The second-order valence-corrected chi connectivity index (χ2v) is 3.89. The average Bonchev–Trinajstić information content (AvgIpc) is 2.52. The predicted octanol–water partition coefficient (Wildman–Crippen LogP) is 0.723. The first kappa shape index (κ1) is 13.2. The molecule has 1 unspecified atom stereocenters. The molecule has 0 bridgehead atoms. The molecule has 1 aromatic rings. The number of nitrogens with zero attached hydrogens (tertiary/aromatic N) is 3. The summed E-state index contributed by atoms with van der Waals surface area (Å²) in [6.45, 7) is 5.20. The van der Waals surface area contributed by atoms with E-state index in [1.165, 1.54) is 11.8 Å². The number of aromatic nitrogens is 2. The molecule has 0 saturated heterocycles. The maximum absolute atomic E-state index is 11.4. The lowest BCUT2D eigenvalue weighted by Gasteiger charge is -2.26. The minimum absolute atomic E-state index is 0.261. The Morgan fingerprint density at radius 3 is 2.47 bits per heavy atom. The van der Waals surface area contributed by atoms with Gasteiger partial charge < -0.3 is 10.0 Å². The number of carboxylic acid groups (broad SMARTS) is 1. The molecule has 0 fully saturated rings. The Bertz CT molecular complexity index is 439. The molecule has 1 heterocycles. The predicted molar refractivity (Wildman–Crippen MR) is 61.4 cm³/mol. The van der Waals surface area contributed by atoms with E-state index in [9.17, 15) is 14.7 Å². The van der Waals surface area contributed by atoms with Crippen molar-refractivity contribution in [3.8, 4) is 0 Å². The molecular weight excluding hydrogens is 222 g/mol. The monoisotopic (exact) mass is 239 g/mol. The van der Waals surface area contributed by atoms with Crippen LogP contribution in [0.4, 0.5) is 0 Å². The van der Waals surface area contributed by atoms with Crippen LogP contribution in [0, 0.1) is 6.92 Å². The van der Waals surface area contributed by atoms with Crippen molar-refractivity contribution < 1.29 is 14.7 Å². The van der Waals surface area contributed by atoms with Gasteiger partial charge in [0.2, 0.25) is 5.91 Å². The highest BCUT2D eigenvalue weighted by Gasteiger charge is 2.30. The van der Waals surface area contributed by atoms with Gasteiger partial charge in [0.05, 0.1) is 5.69 Å². The number of carbonyl (C=O) groups is 2. The van der Waals surface area contributed by atoms with Gasteiger partial charge >= 0.3 is 5.97 Å². The second-order valence-electron chi connectivity index (χ2n) is 3.89. The molecule has 0 aromatic carbocycles. The summed E-state index contributed by atoms with van der Waals surface area (Å²) in [4.78, 5) is 24.1. The largest absolute Gasteiger partial charge is 0.479 e. The van der Waals surface area contributed by atoms with E-state index in [0.29, 0.717) is 17.8 Å². The third-order valence-electron chi connectivity index (χ3n) is 2.64. The number of carbonyl (C=O) groups excluding carboxylic acids is 1. The van der Waals surface area contributed by atoms with Crippen molar-refractivity contribution in [1.29, 1.82) is 0 Å². The summed E-state index contributed by atoms with van der Waals surface area (Å²) in [6, 6.07) is -0.966. The lowest BCUT2D eigenvalue weighted by molar-refractivity contribution is -0.149. The number of hydrogen-bond acceptors (Lipinski definition) is 3. The first-order valence-corrected chi connectivity index (χ1v) is 5.38. The summed E-state index contributed by atoms with van der Waals surface area (Å²) in [5, 5.41) is 13.4. The maximum atomic E-state index is 11.4. The summed E-state index contributed by atoms with van der Waals surface area (Å²) in [7, 11) is 1.72. The van der Waals surface area contributed by atoms with E-state index in [0.717, 1.165) is 0 Å². The molecule has 6 heteroatoms. The molecule has 1 atom stereocenters. The Labute approximate surface area is 99.8 Å². The van der Waals surface area contributed by atoms with Gasteiger partial charge in [0, 0.05) is 32.3 Å². The van der Waals surface area contributed by atoms with Crippen molar-refractivity contribution in [2.45, 2.75) is 26.8 Å². The van der Waals surface area contributed by atoms with Crippen LogP contribution in [0.25, 0.3) is 0 Å². The number of carboxylic acids is 1. The fourth-order valence-electron chi connectivity index (χ4n) is 1.91. The summed E-state index contributed by atoms with van der Waals surface area (Å²) < 4.78 is 1.55. The summed E-state index contributed by atoms with van der Waals surface area (Å²) in [6.07, 6.45) is 1.64. The summed E-state index contributed by atoms with van der Waals surface area (Å²) in [5.41, 5.74) is 1.18. The number of likely N-dealkylation sites (N-methyl/N-ethyl adjacent to an activating group) is 1. The van der Waals surface area contributed by atoms with Gasteiger partial charge in [-0.15, -0.1) is 0 Å². The van der Waals surface area contributed by atoms with Crippen LogP contribution in [-0.2, 0) is 16.6 Å². The number of amides is 1. The van der Waals surface area contributed by atoms with E-state index >= 15 is 0 Å². The molecule has 1 amide bonds. The minimum atomic E-state index is -1.04. The van der Waals surface area contributed by atoms with Crippen molar-refractivity contribution in [3.05, 3.63) is 17.5 Å². The molecular formula is C11H17N3O3. The van der Waals surface area contributed by atoms with Crippen molar-refractivity contribution >= 4 is 11.9 Å². The zero-order chi connectivity index (χ0) is 13.2. The molecule has 17 heavy (non-hydrogen) atoms. The molecule has 0 aliphatic heterocycles. The maximum Gasteiger partial charge on any atom is 0.331 e. The number of rotatable bonds is 4. The van der Waals surface area contributed by atoms with Gasteiger partial charge in [0.25, 0.3) is 0 Å². The van der Waals surface area contributed by atoms with Crippen molar-refractivity contribution in [2.75, 3.05) is 6.54 Å². The van der Waals surface area contributed by atoms with E-state index in [2.05, 4.69) is 5.10 Å². The molecule has 1 aromatic heterocycles. The Kier molecular flexibility index (Phi) is 3.88. The van der Waals surface area contributed by atoms with Crippen LogP contribution in [-0.4, -0.2) is 38.2 Å². The molecule has 0 aliphatic rings. The van der Waals surface area contributed by atoms with Crippen molar-refractivity contribution in [3.63, 3.8) is 0 Å². The van der Waals surface area contributed by atoms with Crippen molar-refractivity contribution in [1.82, 2.24) is 14.7 Å². The lowest BCUT2D eigenvalue weighted by atomic mass is 10.1. The van der Waals surface area contributed by atoms with Crippen molar-refractivity contribution in [2.24, 2.45) is 7.05 Å². The number of aliphatic carboxylic acids is 1. The zero-order valence-electron chi connectivity index (χ0n) is 10.5. The number of hydrogen-bond donors (Lipinski definition) is 1. The highest BCUT2D eigenvalue weighted by Crippen LogP contribution is 2.23. The third kappa shape index (κ3) is 2.64. The third-order valence-corrected chi connectivity index (χ3v) is 2.64. The Morgan fingerprint density at radius 2 is 2.18 bits per heavy atom. The van der Waals surface area contributed by atoms with Gasteiger partial charge in [0.15, 0.2) is 6.04 Å². The van der Waals surface area contributed by atoms with Crippen LogP contribution in [0.1, 0.15) is 31.1 Å². The van der Waals surface area contributed by atoms with Gasteiger partial charge in [-0.25, -0.2) is 4.79 Å². The van der Waals surface area contributed by atoms with Gasteiger partial charge in [0.1, 0.15) is 0 Å². The van der Waals surface area contributed by atoms with Crippen LogP contribution in [0.3, 0.4) is 0 Å². The normalized spacial score (nSPS) is 12.2. The molecule has 0 aliphatic carbocycles. The molecule has 94 valence electrons. The van der Waals surface area contributed by atoms with E-state index in [1.807, 2.05) is 0 Å². The molecule has 1 rings (SSSR count). The van der Waals surface area contributed by atoms with Gasteiger partial charge in [-0.05, 0) is 13.8 Å². The topological polar surface area (TPSA) is 75.4 Å². The Balaban J connectivity index is 3.22. The fraction of sp³-hybridized carbons (Fsp3) is 0.545. The highest BCUT2D eigenvalue weighted by atomic mass is 16.4. The van der Waals surface area contributed by atoms with Gasteiger partial charge in [-0.2, -0.15) is 5.10 Å². The molecule has 0 saturated carbocycles. The number of aryl methyl sites for hydroxylation is 2. The summed E-state index contributed by atoms with van der Waals surface area (Å²) in [5.74, 6) is -1.30. The lowest BCUT2D eigenvalue weighted by Crippen LogP contribution is -2.37. The van der Waals surface area contributed by atoms with Gasteiger partial charge in [-0.3, -0.25) is 9.48 Å². The van der Waals surface area contributed by atoms with Gasteiger partial charge in [-0.1, -0.05) is 0 Å². The van der Waals surface area contributed by atoms with Crippen LogP contribution in [0.5, 0.6) is 0 Å². The fourth-order valence-corrected chi connectivity index (χ4v) is 1.91. The van der Waals surface area contributed by atoms with E-state index in [4.69, 9.17) is 0 Å². The zero-order valence-corrected chi connectivity index (χ0v) is 10.5. The van der Waals surface area contributed by atoms with E-state index < -0.39 is 12.0 Å². The molecule has 0 radical (unpaired) electrons. The molecule has 0 spiro atoms. The van der Waals surface area contributed by atoms with E-state index in [-0.39, 0.29) is 5.91 Å². The van der Waals surface area contributed by atoms with E-state index in [1.54, 1.807) is 31.8 Å². The average molecular weight is 239 g/mol. The smallest absolute Gasteiger partial charge is 0.331 e. The molecule has 6 nitrogen and oxygen atoms in total. The summed E-state index contributed by atoms with van der Waals surface area (Å²) >= 11 is 0. The minimum Gasteiger partial charge on any atom is -0.479 e. The van der Waals surface area contributed by atoms with Crippen LogP contribution in [0.2, 0.25) is 0 Å². The first-order valence-electron chi connectivity index (χ1n) is 5.38. The standard InChI is InChI=1S/C11H17N3O3/c1-5-14(8(3)15)10(11(16)17)9-6-13(4)12-7(9)2/h6,10H,5H2,1-4H3,(H,16,17). The van der Waals surface area contributed by atoms with Crippen LogP contribution < -0.4 is 0 Å². The second kappa shape index (κ2) is 4.99. The first-order chi connectivity index (χ1) is 7.88. The van der Waals surface area contributed by atoms with Crippen LogP contribution >= 0.6 is 0 Å².